The topological polar surface area (TPSA) is 29.5 Å². The van der Waals surface area contributed by atoms with E-state index in [4.69, 9.17) is 4.74 Å². The molecule has 0 aliphatic carbocycles. The van der Waals surface area contributed by atoms with Crippen LogP contribution in [0.1, 0.15) is 26.7 Å². The van der Waals surface area contributed by atoms with Gasteiger partial charge in [0.05, 0.1) is 0 Å². The quantitative estimate of drug-likeness (QED) is 0.861. The molecule has 1 saturated heterocycles. The minimum Gasteiger partial charge on any atom is -0.480 e. The monoisotopic (exact) mass is 297 g/mol. The minimum absolute atomic E-state index is 0.0971. The summed E-state index contributed by atoms with van der Waals surface area (Å²) in [5, 5.41) is 2.18. The van der Waals surface area contributed by atoms with Crippen LogP contribution in [0.15, 0.2) is 42.5 Å². The van der Waals surface area contributed by atoms with Crippen molar-refractivity contribution in [2.45, 2.75) is 32.8 Å². The second-order valence-corrected chi connectivity index (χ2v) is 6.25. The van der Waals surface area contributed by atoms with Gasteiger partial charge < -0.3 is 9.64 Å². The number of nitrogens with zero attached hydrogens (tertiary/aromatic N) is 1. The summed E-state index contributed by atoms with van der Waals surface area (Å²) in [5.41, 5.74) is 0. The molecule has 0 unspecified atom stereocenters. The number of ether oxygens (including phenoxy) is 1. The molecule has 22 heavy (non-hydrogen) atoms. The van der Waals surface area contributed by atoms with Gasteiger partial charge in [-0.3, -0.25) is 4.79 Å². The molecule has 2 aromatic carbocycles. The van der Waals surface area contributed by atoms with Gasteiger partial charge in [-0.15, -0.1) is 0 Å². The van der Waals surface area contributed by atoms with Gasteiger partial charge in [-0.1, -0.05) is 43.3 Å². The molecule has 3 heteroatoms. The highest BCUT2D eigenvalue weighted by Crippen LogP contribution is 2.26. The van der Waals surface area contributed by atoms with E-state index in [2.05, 4.69) is 19.1 Å². The molecule has 0 bridgehead atoms. The van der Waals surface area contributed by atoms with Crippen molar-refractivity contribution in [2.24, 2.45) is 5.92 Å². The van der Waals surface area contributed by atoms with E-state index in [1.807, 2.05) is 42.2 Å². The predicted octanol–water partition coefficient (Wildman–Crippen LogP) is 3.87. The van der Waals surface area contributed by atoms with E-state index in [0.717, 1.165) is 48.4 Å². The average molecular weight is 297 g/mol. The Balaban J connectivity index is 1.73. The fourth-order valence-corrected chi connectivity index (χ4v) is 3.03. The van der Waals surface area contributed by atoms with E-state index < -0.39 is 6.10 Å². The van der Waals surface area contributed by atoms with Crippen molar-refractivity contribution in [2.75, 3.05) is 13.1 Å². The van der Waals surface area contributed by atoms with E-state index in [1.165, 1.54) is 0 Å². The van der Waals surface area contributed by atoms with Crippen molar-refractivity contribution in [1.29, 1.82) is 0 Å². The van der Waals surface area contributed by atoms with Gasteiger partial charge in [0.15, 0.2) is 6.10 Å². The van der Waals surface area contributed by atoms with Gasteiger partial charge in [-0.2, -0.15) is 0 Å². The minimum atomic E-state index is -0.445. The van der Waals surface area contributed by atoms with Crippen molar-refractivity contribution in [3.05, 3.63) is 42.5 Å². The maximum atomic E-state index is 12.5. The number of fused-ring (bicyclic) bond motifs is 1. The number of hydrogen-bond acceptors (Lipinski definition) is 2. The molecule has 0 radical (unpaired) electrons. The smallest absolute Gasteiger partial charge is 0.263 e. The molecule has 1 heterocycles. The number of piperidine rings is 1. The molecule has 1 fully saturated rings. The first-order valence-corrected chi connectivity index (χ1v) is 8.08. The number of benzene rings is 2. The fourth-order valence-electron chi connectivity index (χ4n) is 3.03. The van der Waals surface area contributed by atoms with Crippen molar-refractivity contribution in [1.82, 2.24) is 4.90 Å². The Kier molecular flexibility index (Phi) is 4.32. The first kappa shape index (κ1) is 14.9. The van der Waals surface area contributed by atoms with Crippen LogP contribution in [-0.2, 0) is 4.79 Å². The van der Waals surface area contributed by atoms with Gasteiger partial charge >= 0.3 is 0 Å². The van der Waals surface area contributed by atoms with Crippen molar-refractivity contribution < 1.29 is 9.53 Å². The molecule has 3 nitrogen and oxygen atoms in total. The van der Waals surface area contributed by atoms with Crippen molar-refractivity contribution in [3.8, 4) is 5.75 Å². The number of amides is 1. The Morgan fingerprint density at radius 3 is 2.59 bits per heavy atom. The van der Waals surface area contributed by atoms with Crippen LogP contribution in [0, 0.1) is 5.92 Å². The van der Waals surface area contributed by atoms with Gasteiger partial charge in [-0.05, 0) is 37.1 Å². The summed E-state index contributed by atoms with van der Waals surface area (Å²) in [4.78, 5) is 14.5. The van der Waals surface area contributed by atoms with E-state index in [1.54, 1.807) is 0 Å². The van der Waals surface area contributed by atoms with Crippen LogP contribution in [0.2, 0.25) is 0 Å². The SMILES string of the molecule is CC1CCN(C(=O)[C@H](C)Oc2cccc3ccccc23)CC1. The molecular formula is C19H23NO2. The second-order valence-electron chi connectivity index (χ2n) is 6.25. The third-order valence-corrected chi connectivity index (χ3v) is 4.50. The standard InChI is InChI=1S/C19H23NO2/c1-14-10-12-20(13-11-14)19(21)15(2)22-18-9-5-7-16-6-3-4-8-17(16)18/h3-9,14-15H,10-13H2,1-2H3/t15-/m0/s1. The highest BCUT2D eigenvalue weighted by Gasteiger charge is 2.25. The van der Waals surface area contributed by atoms with Crippen LogP contribution >= 0.6 is 0 Å². The molecule has 0 aromatic heterocycles. The summed E-state index contributed by atoms with van der Waals surface area (Å²) < 4.78 is 5.98. The zero-order valence-electron chi connectivity index (χ0n) is 13.3. The van der Waals surface area contributed by atoms with Crippen LogP contribution in [0.4, 0.5) is 0 Å². The third-order valence-electron chi connectivity index (χ3n) is 4.50. The molecule has 2 aromatic rings. The summed E-state index contributed by atoms with van der Waals surface area (Å²) in [7, 11) is 0. The zero-order valence-corrected chi connectivity index (χ0v) is 13.3. The number of carbonyl (C=O) groups is 1. The Bertz CT molecular complexity index is 654. The molecular weight excluding hydrogens is 274 g/mol. The lowest BCUT2D eigenvalue weighted by atomic mass is 9.99. The Morgan fingerprint density at radius 2 is 1.82 bits per heavy atom. The number of likely N-dealkylation sites (tertiary alicyclic amines) is 1. The highest BCUT2D eigenvalue weighted by atomic mass is 16.5. The fraction of sp³-hybridized carbons (Fsp3) is 0.421. The van der Waals surface area contributed by atoms with Crippen LogP contribution in [0.5, 0.6) is 5.75 Å². The number of carbonyl (C=O) groups excluding carboxylic acids is 1. The van der Waals surface area contributed by atoms with E-state index >= 15 is 0 Å². The summed E-state index contributed by atoms with van der Waals surface area (Å²) >= 11 is 0. The van der Waals surface area contributed by atoms with Crippen LogP contribution in [0.25, 0.3) is 10.8 Å². The third kappa shape index (κ3) is 3.08. The van der Waals surface area contributed by atoms with Crippen molar-refractivity contribution in [3.63, 3.8) is 0 Å². The summed E-state index contributed by atoms with van der Waals surface area (Å²) in [6.07, 6.45) is 1.73. The molecule has 3 rings (SSSR count). The molecule has 1 amide bonds. The lowest BCUT2D eigenvalue weighted by Gasteiger charge is -2.32. The highest BCUT2D eigenvalue weighted by molar-refractivity contribution is 5.89. The maximum absolute atomic E-state index is 12.5. The first-order valence-electron chi connectivity index (χ1n) is 8.08. The first-order chi connectivity index (χ1) is 10.6. The van der Waals surface area contributed by atoms with E-state index in [0.29, 0.717) is 0 Å². The Hall–Kier alpha value is -2.03. The van der Waals surface area contributed by atoms with Gasteiger partial charge in [0.1, 0.15) is 5.75 Å². The molecule has 116 valence electrons. The zero-order chi connectivity index (χ0) is 15.5. The Labute approximate surface area is 131 Å². The summed E-state index contributed by atoms with van der Waals surface area (Å²) in [6, 6.07) is 14.1. The summed E-state index contributed by atoms with van der Waals surface area (Å²) in [5.74, 6) is 1.60. The normalized spacial score (nSPS) is 17.5. The summed E-state index contributed by atoms with van der Waals surface area (Å²) in [6.45, 7) is 5.80. The lowest BCUT2D eigenvalue weighted by molar-refractivity contribution is -0.139. The van der Waals surface area contributed by atoms with Gasteiger partial charge in [-0.25, -0.2) is 0 Å². The van der Waals surface area contributed by atoms with E-state index in [-0.39, 0.29) is 5.91 Å². The largest absolute Gasteiger partial charge is 0.480 e. The maximum Gasteiger partial charge on any atom is 0.263 e. The van der Waals surface area contributed by atoms with E-state index in [9.17, 15) is 4.79 Å². The molecule has 1 aliphatic heterocycles. The average Bonchev–Trinajstić information content (AvgIpc) is 2.55. The molecule has 0 saturated carbocycles. The van der Waals surface area contributed by atoms with Gasteiger partial charge in [0, 0.05) is 18.5 Å². The number of rotatable bonds is 3. The molecule has 0 N–H and O–H groups in total. The van der Waals surface area contributed by atoms with Crippen LogP contribution in [-0.4, -0.2) is 30.0 Å². The second kappa shape index (κ2) is 6.39. The van der Waals surface area contributed by atoms with Crippen molar-refractivity contribution >= 4 is 16.7 Å². The predicted molar refractivity (Wildman–Crippen MR) is 89.0 cm³/mol. The van der Waals surface area contributed by atoms with Crippen LogP contribution in [0.3, 0.4) is 0 Å². The molecule has 1 aliphatic rings. The number of hydrogen-bond donors (Lipinski definition) is 0. The molecule has 0 spiro atoms. The lowest BCUT2D eigenvalue weighted by Crippen LogP contribution is -2.44. The Morgan fingerprint density at radius 1 is 1.14 bits per heavy atom. The van der Waals surface area contributed by atoms with Gasteiger partial charge in [0.25, 0.3) is 5.91 Å². The molecule has 1 atom stereocenters. The van der Waals surface area contributed by atoms with Gasteiger partial charge in [0.2, 0.25) is 0 Å². The van der Waals surface area contributed by atoms with Crippen LogP contribution < -0.4 is 4.74 Å².